The number of nitrogens with zero attached hydrogens (tertiary/aromatic N) is 6. The molecule has 6 heterocycles. The van der Waals surface area contributed by atoms with Gasteiger partial charge in [-0.15, -0.1) is 0 Å². The maximum Gasteiger partial charge on any atom is 0.143 e. The van der Waals surface area contributed by atoms with Gasteiger partial charge in [0.2, 0.25) is 0 Å². The summed E-state index contributed by atoms with van der Waals surface area (Å²) in [6.07, 6.45) is 0. The summed E-state index contributed by atoms with van der Waals surface area (Å²) >= 11 is 0. The Bertz CT molecular complexity index is 8230. The summed E-state index contributed by atoms with van der Waals surface area (Å²) in [4.78, 5) is 0. The zero-order valence-corrected chi connectivity index (χ0v) is 64.5. The second-order valence-corrected chi connectivity index (χ2v) is 30.1. The molecule has 0 saturated heterocycles. The highest BCUT2D eigenvalue weighted by Gasteiger charge is 2.25. The molecule has 18 aromatic carbocycles. The third-order valence-corrected chi connectivity index (χ3v) is 23.6. The molecule has 0 saturated carbocycles. The molecule has 0 bridgehead atoms. The van der Waals surface area contributed by atoms with Crippen molar-refractivity contribution in [1.82, 2.24) is 13.7 Å². The fourth-order valence-electron chi connectivity index (χ4n) is 18.2. The van der Waals surface area contributed by atoms with Gasteiger partial charge in [-0.1, -0.05) is 309 Å². The van der Waals surface area contributed by atoms with Crippen LogP contribution in [0.4, 0.5) is 0 Å². The van der Waals surface area contributed by atoms with Crippen molar-refractivity contribution < 1.29 is 13.3 Å². The van der Waals surface area contributed by atoms with Crippen molar-refractivity contribution in [3.8, 4) is 102 Å². The average molecular weight is 1530 g/mol. The third kappa shape index (κ3) is 11.5. The molecular weight excluding hydrogens is 1470 g/mol. The second-order valence-electron chi connectivity index (χ2n) is 30.1. The molecule has 0 aliphatic rings. The number of hydrogen-bond acceptors (Lipinski definition) is 6. The Morgan fingerprint density at radius 1 is 0.183 bits per heavy atom. The fourth-order valence-corrected chi connectivity index (χ4v) is 18.2. The van der Waals surface area contributed by atoms with Crippen molar-refractivity contribution in [3.63, 3.8) is 0 Å². The van der Waals surface area contributed by atoms with E-state index in [-0.39, 0.29) is 0 Å². The van der Waals surface area contributed by atoms with E-state index in [1.165, 1.54) is 32.3 Å². The zero-order chi connectivity index (χ0) is 79.9. The van der Waals surface area contributed by atoms with Crippen molar-refractivity contribution in [2.45, 2.75) is 0 Å². The summed E-state index contributed by atoms with van der Waals surface area (Å²) in [5.74, 6) is 0. The van der Waals surface area contributed by atoms with E-state index in [9.17, 15) is 15.8 Å². The first-order valence-corrected chi connectivity index (χ1v) is 40.0. The molecule has 0 N–H and O–H groups in total. The molecule has 0 unspecified atom stereocenters. The molecule has 0 fully saturated rings. The van der Waals surface area contributed by atoms with Gasteiger partial charge < -0.3 is 27.0 Å². The average Bonchev–Trinajstić information content (AvgIpc) is 1.40. The highest BCUT2D eigenvalue weighted by Crippen LogP contribution is 2.46. The number of rotatable bonds is 9. The van der Waals surface area contributed by atoms with E-state index in [1.807, 2.05) is 97.1 Å². The lowest BCUT2D eigenvalue weighted by molar-refractivity contribution is 0.668. The van der Waals surface area contributed by atoms with Crippen LogP contribution in [0.5, 0.6) is 0 Å². The van der Waals surface area contributed by atoms with E-state index in [1.54, 1.807) is 0 Å². The maximum atomic E-state index is 10.2. The minimum absolute atomic E-state index is 0.639. The molecule has 9 nitrogen and oxygen atoms in total. The first kappa shape index (κ1) is 69.9. The van der Waals surface area contributed by atoms with E-state index in [4.69, 9.17) is 13.3 Å². The highest BCUT2D eigenvalue weighted by atomic mass is 16.3. The maximum absolute atomic E-state index is 10.2. The van der Waals surface area contributed by atoms with Crippen molar-refractivity contribution in [3.05, 3.63) is 417 Å². The molecule has 9 heteroatoms. The number of aromatic nitrogens is 3. The SMILES string of the molecule is N#Cc1cccc(-c2ccc(-c3ccc4c(c3)oc3ccccc34)cc2)c1-n1c2ccccc2c2ccccc21.N#Cc1cccc(-c2ccc(-c3cccc4c3oc3ccccc34)cc2)c1-n1c2ccccc2c2ccccc21.N#Cc1cccc(-c2ccc(-c3cccc4oc5ccccc5c34)cc2)c1-n1c2ccccc2c2ccccc21. The second kappa shape index (κ2) is 28.9. The van der Waals surface area contributed by atoms with Gasteiger partial charge in [-0.2, -0.15) is 15.8 Å². The van der Waals surface area contributed by atoms with Crippen molar-refractivity contribution in [1.29, 1.82) is 15.8 Å². The van der Waals surface area contributed by atoms with Crippen molar-refractivity contribution >= 4 is 131 Å². The molecule has 558 valence electrons. The summed E-state index contributed by atoms with van der Waals surface area (Å²) in [7, 11) is 0. The summed E-state index contributed by atoms with van der Waals surface area (Å²) in [5.41, 5.74) is 29.3. The lowest BCUT2D eigenvalue weighted by Crippen LogP contribution is -2.00. The van der Waals surface area contributed by atoms with E-state index in [2.05, 4.69) is 335 Å². The third-order valence-electron chi connectivity index (χ3n) is 23.6. The van der Waals surface area contributed by atoms with Gasteiger partial charge in [0.25, 0.3) is 0 Å². The topological polar surface area (TPSA) is 126 Å². The number of nitriles is 3. The van der Waals surface area contributed by atoms with Gasteiger partial charge in [0.1, 0.15) is 51.7 Å². The molecule has 24 rings (SSSR count). The molecule has 0 aliphatic heterocycles. The number of benzene rings is 18. The molecule has 0 radical (unpaired) electrons. The standard InChI is InChI=1S/3C37H22N2O/c38-23-26-9-7-14-28(37(26)39-32-15-4-1-10-29(32)30-11-2-5-16-33(30)39)25-21-19-24(20-22-25)27-13-8-18-35-36(27)31-12-3-6-17-34(31)40-35;38-23-26-9-7-13-27(36(26)39-33-16-4-1-10-29(33)30-11-2-5-17-34(30)39)24-19-21-25(22-20-24)28-14-8-15-32-31-12-3-6-18-35(31)40-37(28)32;38-23-27-8-7-12-28(37(27)39-33-13-4-1-9-29(33)30-10-2-5-14-34(30)39)25-18-16-24(17-19-25)26-20-21-32-31-11-3-6-15-35(31)40-36(32)22-26/h3*1-22H. The fraction of sp³-hybridized carbons (Fsp3) is 0. The number of para-hydroxylation sites is 13. The van der Waals surface area contributed by atoms with Gasteiger partial charge >= 0.3 is 0 Å². The first-order chi connectivity index (χ1) is 59.4. The van der Waals surface area contributed by atoms with Gasteiger partial charge in [0.15, 0.2) is 0 Å². The van der Waals surface area contributed by atoms with Gasteiger partial charge in [0, 0.05) is 86.9 Å². The largest absolute Gasteiger partial charge is 0.456 e. The number of fused-ring (bicyclic) bond motifs is 18. The van der Waals surface area contributed by atoms with E-state index >= 15 is 0 Å². The zero-order valence-electron chi connectivity index (χ0n) is 64.5. The molecule has 0 atom stereocenters. The predicted octanol–water partition coefficient (Wildman–Crippen LogP) is 29.7. The molecule has 0 amide bonds. The monoisotopic (exact) mass is 1530 g/mol. The Hall–Kier alpha value is -16.8. The molecule has 24 aromatic rings. The minimum atomic E-state index is 0.639. The minimum Gasteiger partial charge on any atom is -0.456 e. The van der Waals surface area contributed by atoms with Crippen LogP contribution in [-0.2, 0) is 0 Å². The van der Waals surface area contributed by atoms with Crippen LogP contribution in [0.15, 0.2) is 414 Å². The molecule has 120 heavy (non-hydrogen) atoms. The smallest absolute Gasteiger partial charge is 0.143 e. The Morgan fingerprint density at radius 3 is 0.867 bits per heavy atom. The van der Waals surface area contributed by atoms with Gasteiger partial charge in [-0.3, -0.25) is 0 Å². The quantitative estimate of drug-likeness (QED) is 0.142. The van der Waals surface area contributed by atoms with E-state index < -0.39 is 0 Å². The summed E-state index contributed by atoms with van der Waals surface area (Å²) in [5, 5.41) is 44.4. The van der Waals surface area contributed by atoms with Crippen LogP contribution in [0.1, 0.15) is 16.7 Å². The van der Waals surface area contributed by atoms with Gasteiger partial charge in [-0.05, 0) is 136 Å². The molecule has 6 aromatic heterocycles. The highest BCUT2D eigenvalue weighted by molar-refractivity contribution is 6.16. The summed E-state index contributed by atoms with van der Waals surface area (Å²) < 4.78 is 25.3. The van der Waals surface area contributed by atoms with Crippen LogP contribution in [-0.4, -0.2) is 13.7 Å². The van der Waals surface area contributed by atoms with Crippen LogP contribution in [0.3, 0.4) is 0 Å². The van der Waals surface area contributed by atoms with E-state index in [0.29, 0.717) is 16.7 Å². The van der Waals surface area contributed by atoms with E-state index in [0.717, 1.165) is 183 Å². The Kier molecular flexibility index (Phi) is 16.9. The van der Waals surface area contributed by atoms with Crippen LogP contribution in [0.2, 0.25) is 0 Å². The van der Waals surface area contributed by atoms with Crippen molar-refractivity contribution in [2.75, 3.05) is 0 Å². The first-order valence-electron chi connectivity index (χ1n) is 40.0. The van der Waals surface area contributed by atoms with Crippen LogP contribution in [0.25, 0.3) is 215 Å². The molecular formula is C111H66N6O3. The lowest BCUT2D eigenvalue weighted by atomic mass is 9.95. The Balaban J connectivity index is 0.000000108. The number of hydrogen-bond donors (Lipinski definition) is 0. The van der Waals surface area contributed by atoms with Crippen LogP contribution < -0.4 is 0 Å². The molecule has 0 spiro atoms. The summed E-state index contributed by atoms with van der Waals surface area (Å²) in [6.45, 7) is 0. The van der Waals surface area contributed by atoms with Crippen LogP contribution in [0, 0.1) is 34.0 Å². The Labute approximate surface area is 688 Å². The van der Waals surface area contributed by atoms with Crippen LogP contribution >= 0.6 is 0 Å². The van der Waals surface area contributed by atoms with Gasteiger partial charge in [0.05, 0.1) is 66.9 Å². The number of furan rings is 3. The van der Waals surface area contributed by atoms with Crippen molar-refractivity contribution in [2.24, 2.45) is 0 Å². The predicted molar refractivity (Wildman–Crippen MR) is 491 cm³/mol. The summed E-state index contributed by atoms with van der Waals surface area (Å²) in [6, 6.07) is 145. The lowest BCUT2D eigenvalue weighted by Gasteiger charge is -2.16. The normalized spacial score (nSPS) is 11.5. The molecule has 0 aliphatic carbocycles. The van der Waals surface area contributed by atoms with Gasteiger partial charge in [-0.25, -0.2) is 0 Å². The Morgan fingerprint density at radius 2 is 0.450 bits per heavy atom.